The second-order valence-corrected chi connectivity index (χ2v) is 1.62. The first-order valence-corrected chi connectivity index (χ1v) is 2.40. The van der Waals surface area contributed by atoms with Gasteiger partial charge in [0, 0.05) is 5.75 Å². The molecule has 0 atom stereocenters. The molecule has 1 radical (unpaired) electrons. The minimum atomic E-state index is 1.60. The number of hydrogen-bond donors (Lipinski definition) is 0. The normalized spacial score (nSPS) is 7.40. The maximum atomic E-state index is 3.48. The zero-order valence-electron chi connectivity index (χ0n) is 3.27. The molecule has 0 bridgehead atoms. The molecule has 1 heteroatoms. The first-order chi connectivity index (χ1) is 2.41. The molecule has 5 heavy (non-hydrogen) atoms. The van der Waals surface area contributed by atoms with E-state index >= 15 is 0 Å². The summed E-state index contributed by atoms with van der Waals surface area (Å²) in [6.45, 7) is 5.46. The van der Waals surface area contributed by atoms with Crippen molar-refractivity contribution in [1.29, 1.82) is 0 Å². The third kappa shape index (κ3) is 4.09. The Labute approximate surface area is 37.3 Å². The van der Waals surface area contributed by atoms with Crippen LogP contribution in [0.15, 0.2) is 12.0 Å². The van der Waals surface area contributed by atoms with Crippen molar-refractivity contribution in [3.63, 3.8) is 0 Å². The Bertz CT molecular complexity index is 24.8. The molecule has 0 rings (SSSR count). The summed E-state index contributed by atoms with van der Waals surface area (Å²) in [6, 6.07) is 0. The standard InChI is InChI=1S/C4H7S/c1-3-5-4-2/h3-4H,1H2,2H3. The second kappa shape index (κ2) is 4.09. The quantitative estimate of drug-likeness (QED) is 0.496. The molecule has 0 heterocycles. The van der Waals surface area contributed by atoms with E-state index in [1.165, 1.54) is 0 Å². The van der Waals surface area contributed by atoms with Gasteiger partial charge in [-0.25, -0.2) is 0 Å². The summed E-state index contributed by atoms with van der Waals surface area (Å²) in [4.78, 5) is 0. The van der Waals surface area contributed by atoms with Crippen LogP contribution in [0.3, 0.4) is 0 Å². The summed E-state index contributed by atoms with van der Waals surface area (Å²) in [7, 11) is 0. The fourth-order valence-corrected chi connectivity index (χ4v) is 0.289. The summed E-state index contributed by atoms with van der Waals surface area (Å²) in [5, 5.41) is 1.79. The average Bonchev–Trinajstić information content (AvgIpc) is 1.41. The Morgan fingerprint density at radius 3 is 2.40 bits per heavy atom. The van der Waals surface area contributed by atoms with Crippen molar-refractivity contribution >= 4 is 11.8 Å². The topological polar surface area (TPSA) is 0 Å². The van der Waals surface area contributed by atoms with E-state index in [4.69, 9.17) is 0 Å². The van der Waals surface area contributed by atoms with E-state index in [0.29, 0.717) is 0 Å². The average molecular weight is 87.2 g/mol. The SMILES string of the molecule is C=CS[CH]C. The van der Waals surface area contributed by atoms with Gasteiger partial charge in [0.15, 0.2) is 0 Å². The van der Waals surface area contributed by atoms with Gasteiger partial charge in [-0.1, -0.05) is 13.5 Å². The smallest absolute Gasteiger partial charge is 0.0179 e. The van der Waals surface area contributed by atoms with Gasteiger partial charge in [0.1, 0.15) is 0 Å². The van der Waals surface area contributed by atoms with Crippen LogP contribution in [0.2, 0.25) is 0 Å². The highest BCUT2D eigenvalue weighted by Crippen LogP contribution is 2.01. The van der Waals surface area contributed by atoms with Gasteiger partial charge in [0.05, 0.1) is 0 Å². The lowest BCUT2D eigenvalue weighted by Crippen LogP contribution is -1.39. The molecule has 0 amide bonds. The number of rotatable bonds is 2. The van der Waals surface area contributed by atoms with Crippen molar-refractivity contribution in [3.8, 4) is 0 Å². The van der Waals surface area contributed by atoms with Crippen LogP contribution in [0.5, 0.6) is 0 Å². The van der Waals surface area contributed by atoms with Crippen molar-refractivity contribution in [2.24, 2.45) is 0 Å². The third-order valence-corrected chi connectivity index (χ3v) is 0.697. The molecule has 0 saturated carbocycles. The molecule has 0 aliphatic carbocycles. The van der Waals surface area contributed by atoms with Gasteiger partial charge >= 0.3 is 0 Å². The van der Waals surface area contributed by atoms with E-state index in [1.54, 1.807) is 17.2 Å². The van der Waals surface area contributed by atoms with E-state index in [0.717, 1.165) is 0 Å². The molecule has 0 fully saturated rings. The fraction of sp³-hybridized carbons (Fsp3) is 0.250. The molecule has 0 nitrogen and oxygen atoms in total. The minimum Gasteiger partial charge on any atom is -0.130 e. The van der Waals surface area contributed by atoms with Crippen LogP contribution in [-0.2, 0) is 0 Å². The molecule has 0 aromatic carbocycles. The summed E-state index contributed by atoms with van der Waals surface area (Å²) in [6.07, 6.45) is 0. The van der Waals surface area contributed by atoms with Crippen molar-refractivity contribution in [1.82, 2.24) is 0 Å². The van der Waals surface area contributed by atoms with Gasteiger partial charge in [-0.2, -0.15) is 0 Å². The molecule has 0 saturated heterocycles. The summed E-state index contributed by atoms with van der Waals surface area (Å²) >= 11 is 1.60. The number of thioether (sulfide) groups is 1. The van der Waals surface area contributed by atoms with Gasteiger partial charge in [0.2, 0.25) is 0 Å². The van der Waals surface area contributed by atoms with Crippen LogP contribution in [0.1, 0.15) is 6.92 Å². The molecule has 29 valence electrons. The predicted molar refractivity (Wildman–Crippen MR) is 27.8 cm³/mol. The highest BCUT2D eigenvalue weighted by atomic mass is 32.2. The van der Waals surface area contributed by atoms with Crippen LogP contribution < -0.4 is 0 Å². The minimum absolute atomic E-state index is 1.60. The Morgan fingerprint density at radius 2 is 2.40 bits per heavy atom. The van der Waals surface area contributed by atoms with Crippen molar-refractivity contribution in [2.45, 2.75) is 6.92 Å². The Morgan fingerprint density at radius 1 is 1.80 bits per heavy atom. The van der Waals surface area contributed by atoms with Gasteiger partial charge < -0.3 is 0 Å². The highest BCUT2D eigenvalue weighted by molar-refractivity contribution is 8.03. The molecule has 0 N–H and O–H groups in total. The molecule has 0 aliphatic heterocycles. The molecule has 0 unspecified atom stereocenters. The third-order valence-electron chi connectivity index (χ3n) is 0.232. The molecular formula is C4H7S. The number of hydrogen-bond acceptors (Lipinski definition) is 1. The predicted octanol–water partition coefficient (Wildman–Crippen LogP) is 2.04. The van der Waals surface area contributed by atoms with Gasteiger partial charge in [0.25, 0.3) is 0 Å². The largest absolute Gasteiger partial charge is 0.130 e. The molecule has 0 aliphatic rings. The summed E-state index contributed by atoms with van der Waals surface area (Å²) in [5.74, 6) is 1.98. The monoisotopic (exact) mass is 87.0 g/mol. The molecule has 0 spiro atoms. The Hall–Kier alpha value is 0.0900. The zero-order valence-corrected chi connectivity index (χ0v) is 4.09. The first kappa shape index (κ1) is 5.09. The van der Waals surface area contributed by atoms with Gasteiger partial charge in [-0.05, 0) is 5.41 Å². The van der Waals surface area contributed by atoms with Crippen LogP contribution >= 0.6 is 11.8 Å². The highest BCUT2D eigenvalue weighted by Gasteiger charge is 1.61. The van der Waals surface area contributed by atoms with Gasteiger partial charge in [-0.15, -0.1) is 11.8 Å². The van der Waals surface area contributed by atoms with Crippen LogP contribution in [-0.4, -0.2) is 0 Å². The lowest BCUT2D eigenvalue weighted by atomic mass is 11.0. The van der Waals surface area contributed by atoms with Crippen molar-refractivity contribution < 1.29 is 0 Å². The molecule has 0 aromatic rings. The van der Waals surface area contributed by atoms with E-state index in [1.807, 2.05) is 12.7 Å². The fourth-order valence-electron chi connectivity index (χ4n) is 0.0962. The van der Waals surface area contributed by atoms with Crippen molar-refractivity contribution in [3.05, 3.63) is 17.7 Å². The van der Waals surface area contributed by atoms with Gasteiger partial charge in [-0.3, -0.25) is 0 Å². The lowest BCUT2D eigenvalue weighted by Gasteiger charge is -1.72. The molecule has 0 aromatic heterocycles. The maximum Gasteiger partial charge on any atom is 0.0179 e. The maximum absolute atomic E-state index is 3.48. The van der Waals surface area contributed by atoms with E-state index in [-0.39, 0.29) is 0 Å². The Balaban J connectivity index is 2.40. The van der Waals surface area contributed by atoms with Crippen LogP contribution in [0, 0.1) is 5.75 Å². The lowest BCUT2D eigenvalue weighted by molar-refractivity contribution is 1.74. The summed E-state index contributed by atoms with van der Waals surface area (Å²) < 4.78 is 0. The van der Waals surface area contributed by atoms with Crippen LogP contribution in [0.4, 0.5) is 0 Å². The second-order valence-electron chi connectivity index (χ2n) is 0.538. The van der Waals surface area contributed by atoms with E-state index in [9.17, 15) is 0 Å². The van der Waals surface area contributed by atoms with E-state index < -0.39 is 0 Å². The Kier molecular flexibility index (Phi) is 4.16. The van der Waals surface area contributed by atoms with Crippen molar-refractivity contribution in [2.75, 3.05) is 0 Å². The zero-order chi connectivity index (χ0) is 4.12. The first-order valence-electron chi connectivity index (χ1n) is 1.46. The summed E-state index contributed by atoms with van der Waals surface area (Å²) in [5.41, 5.74) is 0. The van der Waals surface area contributed by atoms with E-state index in [2.05, 4.69) is 6.58 Å². The van der Waals surface area contributed by atoms with Crippen LogP contribution in [0.25, 0.3) is 0 Å². The molecular weight excluding hydrogens is 80.1 g/mol.